The summed E-state index contributed by atoms with van der Waals surface area (Å²) < 4.78 is 5.28. The number of aryl methyl sites for hydroxylation is 1. The predicted octanol–water partition coefficient (Wildman–Crippen LogP) is 4.62. The number of ether oxygens (including phenoxy) is 1. The maximum absolute atomic E-state index is 11.6. The zero-order valence-corrected chi connectivity index (χ0v) is 16.6. The summed E-state index contributed by atoms with van der Waals surface area (Å²) in [5, 5.41) is 10.2. The Morgan fingerprint density at radius 2 is 2.11 bits per heavy atom. The number of carboxylic acid groups (broad SMARTS) is 1. The molecule has 1 saturated heterocycles. The molecule has 2 atom stereocenters. The van der Waals surface area contributed by atoms with E-state index in [4.69, 9.17) is 16.3 Å². The molecular weight excluding hydrogens is 376 g/mol. The molecule has 0 bridgehead atoms. The third kappa shape index (κ3) is 2.64. The van der Waals surface area contributed by atoms with Gasteiger partial charge in [-0.1, -0.05) is 11.6 Å². The summed E-state index contributed by atoms with van der Waals surface area (Å²) >= 11 is 6.56. The van der Waals surface area contributed by atoms with Gasteiger partial charge in [0.25, 0.3) is 0 Å². The number of nitrogens with zero attached hydrogens (tertiary/aromatic N) is 2. The number of carbonyl (C=O) groups is 1. The molecule has 5 rings (SSSR count). The zero-order chi connectivity index (χ0) is 19.4. The van der Waals surface area contributed by atoms with Crippen molar-refractivity contribution in [2.45, 2.75) is 31.2 Å². The molecule has 28 heavy (non-hydrogen) atoms. The van der Waals surface area contributed by atoms with Crippen molar-refractivity contribution in [1.82, 2.24) is 4.90 Å². The maximum Gasteiger partial charge on any atom is 0.407 e. The van der Waals surface area contributed by atoms with E-state index in [0.29, 0.717) is 24.2 Å². The first kappa shape index (κ1) is 17.7. The van der Waals surface area contributed by atoms with Crippen molar-refractivity contribution in [2.75, 3.05) is 31.6 Å². The molecule has 3 aliphatic rings. The summed E-state index contributed by atoms with van der Waals surface area (Å²) in [6.45, 7) is 2.26. The van der Waals surface area contributed by atoms with Crippen molar-refractivity contribution in [1.29, 1.82) is 0 Å². The number of rotatable bonds is 2. The first-order chi connectivity index (χ1) is 13.6. The monoisotopic (exact) mass is 398 g/mol. The number of amides is 1. The van der Waals surface area contributed by atoms with Crippen LogP contribution in [-0.2, 0) is 6.42 Å². The Morgan fingerprint density at radius 3 is 2.86 bits per heavy atom. The minimum Gasteiger partial charge on any atom is -0.497 e. The third-order valence-corrected chi connectivity index (χ3v) is 6.80. The van der Waals surface area contributed by atoms with Crippen LogP contribution in [0.2, 0.25) is 5.02 Å². The second-order valence-corrected chi connectivity index (χ2v) is 8.31. The van der Waals surface area contributed by atoms with E-state index in [1.54, 1.807) is 12.0 Å². The normalized spacial score (nSPS) is 22.6. The number of hydrogen-bond acceptors (Lipinski definition) is 3. The van der Waals surface area contributed by atoms with Crippen LogP contribution in [0.1, 0.15) is 29.9 Å². The first-order valence-corrected chi connectivity index (χ1v) is 10.2. The molecule has 3 heterocycles. The Balaban J connectivity index is 1.61. The van der Waals surface area contributed by atoms with E-state index < -0.39 is 6.09 Å². The van der Waals surface area contributed by atoms with Gasteiger partial charge in [-0.05, 0) is 66.3 Å². The Kier molecular flexibility index (Phi) is 4.16. The summed E-state index contributed by atoms with van der Waals surface area (Å²) in [5.41, 5.74) is 6.10. The molecule has 0 aliphatic carbocycles. The van der Waals surface area contributed by atoms with Crippen LogP contribution < -0.4 is 9.64 Å². The highest BCUT2D eigenvalue weighted by atomic mass is 35.5. The van der Waals surface area contributed by atoms with E-state index in [9.17, 15) is 9.90 Å². The molecule has 2 aromatic carbocycles. The Bertz CT molecular complexity index is 961. The van der Waals surface area contributed by atoms with E-state index in [0.717, 1.165) is 42.7 Å². The van der Waals surface area contributed by atoms with Crippen molar-refractivity contribution in [3.8, 4) is 16.9 Å². The number of likely N-dealkylation sites (tertiary alicyclic amines) is 1. The summed E-state index contributed by atoms with van der Waals surface area (Å²) in [4.78, 5) is 15.7. The summed E-state index contributed by atoms with van der Waals surface area (Å²) in [7, 11) is 1.64. The second-order valence-electron chi connectivity index (χ2n) is 7.91. The van der Waals surface area contributed by atoms with Crippen LogP contribution >= 0.6 is 11.6 Å². The lowest BCUT2D eigenvalue weighted by atomic mass is 9.87. The lowest BCUT2D eigenvalue weighted by Gasteiger charge is -2.39. The van der Waals surface area contributed by atoms with Crippen LogP contribution in [0.5, 0.6) is 5.75 Å². The number of fused-ring (bicyclic) bond motifs is 3. The van der Waals surface area contributed by atoms with Gasteiger partial charge in [0, 0.05) is 42.8 Å². The van der Waals surface area contributed by atoms with E-state index in [-0.39, 0.29) is 5.92 Å². The molecule has 146 valence electrons. The molecule has 0 radical (unpaired) electrons. The topological polar surface area (TPSA) is 53.0 Å². The van der Waals surface area contributed by atoms with E-state index in [2.05, 4.69) is 17.0 Å². The number of anilines is 1. The number of hydrogen-bond donors (Lipinski definition) is 1. The van der Waals surface area contributed by atoms with Gasteiger partial charge in [0.15, 0.2) is 0 Å². The van der Waals surface area contributed by atoms with Crippen LogP contribution in [0.4, 0.5) is 10.5 Å². The SMILES string of the molecule is COc1ccc(-c2cc3c4c(c2)[C@@H]2CN(C(=O)O)CC[C@@H]2N4CCC3)c(Cl)c1. The molecule has 0 aromatic heterocycles. The van der Waals surface area contributed by atoms with Crippen molar-refractivity contribution in [2.24, 2.45) is 0 Å². The molecule has 5 nitrogen and oxygen atoms in total. The van der Waals surface area contributed by atoms with E-state index in [1.807, 2.05) is 18.2 Å². The highest BCUT2D eigenvalue weighted by molar-refractivity contribution is 6.33. The minimum absolute atomic E-state index is 0.230. The van der Waals surface area contributed by atoms with Crippen molar-refractivity contribution in [3.05, 3.63) is 46.5 Å². The fourth-order valence-electron chi connectivity index (χ4n) is 5.23. The number of halogens is 1. The molecule has 6 heteroatoms. The van der Waals surface area contributed by atoms with E-state index >= 15 is 0 Å². The summed E-state index contributed by atoms with van der Waals surface area (Å²) in [6.07, 6.45) is 2.27. The lowest BCUT2D eigenvalue weighted by Crippen LogP contribution is -2.48. The van der Waals surface area contributed by atoms with Gasteiger partial charge in [-0.3, -0.25) is 0 Å². The smallest absolute Gasteiger partial charge is 0.407 e. The summed E-state index contributed by atoms with van der Waals surface area (Å²) in [5.74, 6) is 0.973. The zero-order valence-electron chi connectivity index (χ0n) is 15.8. The van der Waals surface area contributed by atoms with Crippen molar-refractivity contribution >= 4 is 23.4 Å². The molecule has 0 spiro atoms. The quantitative estimate of drug-likeness (QED) is 0.802. The van der Waals surface area contributed by atoms with Crippen LogP contribution in [0, 0.1) is 0 Å². The van der Waals surface area contributed by atoms with Gasteiger partial charge in [-0.25, -0.2) is 4.79 Å². The number of methoxy groups -OCH3 is 1. The Morgan fingerprint density at radius 1 is 1.25 bits per heavy atom. The van der Waals surface area contributed by atoms with Crippen LogP contribution in [0.3, 0.4) is 0 Å². The van der Waals surface area contributed by atoms with Gasteiger partial charge < -0.3 is 19.6 Å². The first-order valence-electron chi connectivity index (χ1n) is 9.82. The fourth-order valence-corrected chi connectivity index (χ4v) is 5.51. The van der Waals surface area contributed by atoms with Crippen LogP contribution in [0.25, 0.3) is 11.1 Å². The van der Waals surface area contributed by atoms with Gasteiger partial charge >= 0.3 is 6.09 Å². The molecule has 0 unspecified atom stereocenters. The van der Waals surface area contributed by atoms with Gasteiger partial charge in [0.05, 0.1) is 12.1 Å². The Labute approximate surface area is 169 Å². The van der Waals surface area contributed by atoms with Gasteiger partial charge in [0.1, 0.15) is 5.75 Å². The average Bonchev–Trinajstić information content (AvgIpc) is 3.02. The van der Waals surface area contributed by atoms with Crippen LogP contribution in [0.15, 0.2) is 30.3 Å². The minimum atomic E-state index is -0.817. The van der Waals surface area contributed by atoms with Gasteiger partial charge in [-0.15, -0.1) is 0 Å². The van der Waals surface area contributed by atoms with Crippen molar-refractivity contribution in [3.63, 3.8) is 0 Å². The molecule has 3 aliphatic heterocycles. The Hall–Kier alpha value is -2.40. The molecular formula is C22H23ClN2O3. The van der Waals surface area contributed by atoms with Gasteiger partial charge in [0.2, 0.25) is 0 Å². The average molecular weight is 399 g/mol. The van der Waals surface area contributed by atoms with E-state index in [1.165, 1.54) is 16.8 Å². The molecule has 2 aromatic rings. The highest BCUT2D eigenvalue weighted by Crippen LogP contribution is 2.50. The second kappa shape index (κ2) is 6.59. The third-order valence-electron chi connectivity index (χ3n) is 6.48. The maximum atomic E-state index is 11.6. The number of benzene rings is 2. The lowest BCUT2D eigenvalue weighted by molar-refractivity contribution is 0.127. The standard InChI is InChI=1S/C22H23ClN2O3/c1-28-15-4-5-16(19(23)11-15)14-9-13-3-2-7-25-20-6-8-24(22(26)27)12-18(20)17(10-14)21(13)25/h4-5,9-11,18,20H,2-3,6-8,12H2,1H3,(H,26,27)/t18-,20-/m0/s1. The summed E-state index contributed by atoms with van der Waals surface area (Å²) in [6, 6.07) is 10.7. The molecule has 0 saturated carbocycles. The number of piperidine rings is 1. The van der Waals surface area contributed by atoms with Crippen LogP contribution in [-0.4, -0.2) is 48.9 Å². The highest BCUT2D eigenvalue weighted by Gasteiger charge is 2.44. The molecule has 1 amide bonds. The largest absolute Gasteiger partial charge is 0.497 e. The predicted molar refractivity (Wildman–Crippen MR) is 110 cm³/mol. The van der Waals surface area contributed by atoms with Crippen molar-refractivity contribution < 1.29 is 14.6 Å². The van der Waals surface area contributed by atoms with Gasteiger partial charge in [-0.2, -0.15) is 0 Å². The molecule has 1 N–H and O–H groups in total. The molecule has 1 fully saturated rings. The fraction of sp³-hybridized carbons (Fsp3) is 0.409.